The SMILES string of the molecule is CC(CCCC(C)(C)O)CCN1CCCN(CC(=O)Nc2ccccc2Cl)CC1. The Morgan fingerprint density at radius 3 is 2.59 bits per heavy atom. The highest BCUT2D eigenvalue weighted by Crippen LogP contribution is 2.21. The predicted molar refractivity (Wildman–Crippen MR) is 122 cm³/mol. The van der Waals surface area contributed by atoms with Crippen molar-refractivity contribution in [2.75, 3.05) is 44.6 Å². The molecule has 0 aromatic heterocycles. The van der Waals surface area contributed by atoms with Gasteiger partial charge < -0.3 is 15.3 Å². The molecule has 29 heavy (non-hydrogen) atoms. The van der Waals surface area contributed by atoms with E-state index in [1.54, 1.807) is 6.07 Å². The zero-order chi connectivity index (χ0) is 21.3. The molecule has 0 spiro atoms. The van der Waals surface area contributed by atoms with E-state index in [4.69, 9.17) is 11.6 Å². The summed E-state index contributed by atoms with van der Waals surface area (Å²) in [5.41, 5.74) is 0.126. The molecule has 0 aliphatic carbocycles. The lowest BCUT2D eigenvalue weighted by atomic mass is 9.95. The van der Waals surface area contributed by atoms with Gasteiger partial charge in [0.1, 0.15) is 0 Å². The Morgan fingerprint density at radius 1 is 1.17 bits per heavy atom. The van der Waals surface area contributed by atoms with Gasteiger partial charge in [0.25, 0.3) is 0 Å². The Morgan fingerprint density at radius 2 is 1.86 bits per heavy atom. The number of nitrogens with zero attached hydrogens (tertiary/aromatic N) is 2. The highest BCUT2D eigenvalue weighted by molar-refractivity contribution is 6.33. The Kier molecular flexibility index (Phi) is 9.90. The summed E-state index contributed by atoms with van der Waals surface area (Å²) in [5.74, 6) is 0.671. The number of rotatable bonds is 10. The summed E-state index contributed by atoms with van der Waals surface area (Å²) in [6.45, 7) is 11.6. The van der Waals surface area contributed by atoms with E-state index in [0.29, 0.717) is 23.2 Å². The highest BCUT2D eigenvalue weighted by Gasteiger charge is 2.18. The highest BCUT2D eigenvalue weighted by atomic mass is 35.5. The Labute approximate surface area is 181 Å². The summed E-state index contributed by atoms with van der Waals surface area (Å²) in [6, 6.07) is 7.34. The maximum atomic E-state index is 12.4. The summed E-state index contributed by atoms with van der Waals surface area (Å²) in [5, 5.41) is 13.3. The fourth-order valence-corrected chi connectivity index (χ4v) is 3.97. The van der Waals surface area contributed by atoms with Crippen LogP contribution in [0, 0.1) is 5.92 Å². The number of para-hydroxylation sites is 1. The number of carbonyl (C=O) groups excluding carboxylic acids is 1. The molecule has 0 radical (unpaired) electrons. The van der Waals surface area contributed by atoms with E-state index in [-0.39, 0.29) is 5.91 Å². The summed E-state index contributed by atoms with van der Waals surface area (Å²) < 4.78 is 0. The third-order valence-corrected chi connectivity index (χ3v) is 5.95. The Balaban J connectivity index is 1.66. The number of nitrogens with one attached hydrogen (secondary N) is 1. The topological polar surface area (TPSA) is 55.8 Å². The smallest absolute Gasteiger partial charge is 0.238 e. The molecule has 1 aliphatic heterocycles. The molecule has 1 atom stereocenters. The molecule has 6 heteroatoms. The number of carbonyl (C=O) groups is 1. The minimum absolute atomic E-state index is 0.00743. The van der Waals surface area contributed by atoms with Crippen molar-refractivity contribution in [2.24, 2.45) is 5.92 Å². The molecule has 1 aliphatic rings. The van der Waals surface area contributed by atoms with Crippen molar-refractivity contribution in [1.29, 1.82) is 0 Å². The number of aliphatic hydroxyl groups is 1. The van der Waals surface area contributed by atoms with Crippen LogP contribution in [0.5, 0.6) is 0 Å². The molecule has 5 nitrogen and oxygen atoms in total. The lowest BCUT2D eigenvalue weighted by Gasteiger charge is -2.23. The van der Waals surface area contributed by atoms with Crippen LogP contribution in [0.25, 0.3) is 0 Å². The van der Waals surface area contributed by atoms with Crippen molar-refractivity contribution >= 4 is 23.2 Å². The van der Waals surface area contributed by atoms with Crippen LogP contribution in [0.3, 0.4) is 0 Å². The molecular formula is C23H38ClN3O2. The molecule has 0 bridgehead atoms. The first-order valence-electron chi connectivity index (χ1n) is 10.9. The molecule has 164 valence electrons. The first kappa shape index (κ1) is 24.1. The van der Waals surface area contributed by atoms with Gasteiger partial charge in [0.2, 0.25) is 5.91 Å². The zero-order valence-corrected chi connectivity index (χ0v) is 19.0. The number of amides is 1. The minimum Gasteiger partial charge on any atom is -0.390 e. The van der Waals surface area contributed by atoms with Gasteiger partial charge >= 0.3 is 0 Å². The third-order valence-electron chi connectivity index (χ3n) is 5.62. The van der Waals surface area contributed by atoms with Crippen molar-refractivity contribution in [3.8, 4) is 0 Å². The molecule has 1 amide bonds. The minimum atomic E-state index is -0.550. The van der Waals surface area contributed by atoms with Crippen LogP contribution in [0.1, 0.15) is 52.9 Å². The summed E-state index contributed by atoms with van der Waals surface area (Å²) >= 11 is 6.12. The van der Waals surface area contributed by atoms with Crippen molar-refractivity contribution in [1.82, 2.24) is 9.80 Å². The molecule has 2 rings (SSSR count). The second-order valence-corrected chi connectivity index (χ2v) is 9.51. The van der Waals surface area contributed by atoms with Gasteiger partial charge in [0.05, 0.1) is 22.9 Å². The molecule has 1 aromatic rings. The van der Waals surface area contributed by atoms with Crippen molar-refractivity contribution < 1.29 is 9.90 Å². The van der Waals surface area contributed by atoms with Crippen molar-refractivity contribution in [2.45, 2.75) is 58.5 Å². The maximum absolute atomic E-state index is 12.4. The standard InChI is InChI=1S/C23H38ClN3O2/c1-19(8-6-12-23(2,3)29)11-15-26-13-7-14-27(17-16-26)18-22(28)25-21-10-5-4-9-20(21)24/h4-5,9-10,19,29H,6-8,11-18H2,1-3H3,(H,25,28). The zero-order valence-electron chi connectivity index (χ0n) is 18.3. The molecule has 1 heterocycles. The molecule has 2 N–H and O–H groups in total. The van der Waals surface area contributed by atoms with Crippen molar-refractivity contribution in [3.05, 3.63) is 29.3 Å². The normalized spacial score (nSPS) is 17.7. The average molecular weight is 424 g/mol. The lowest BCUT2D eigenvalue weighted by molar-refractivity contribution is -0.117. The predicted octanol–water partition coefficient (Wildman–Crippen LogP) is 4.25. The summed E-state index contributed by atoms with van der Waals surface area (Å²) in [4.78, 5) is 17.1. The second kappa shape index (κ2) is 11.9. The molecular weight excluding hydrogens is 386 g/mol. The van der Waals surface area contributed by atoms with E-state index in [1.807, 2.05) is 32.0 Å². The van der Waals surface area contributed by atoms with E-state index < -0.39 is 5.60 Å². The number of hydrogen-bond donors (Lipinski definition) is 2. The quantitative estimate of drug-likeness (QED) is 0.590. The maximum Gasteiger partial charge on any atom is 0.238 e. The van der Waals surface area contributed by atoms with E-state index in [0.717, 1.165) is 52.0 Å². The van der Waals surface area contributed by atoms with E-state index in [2.05, 4.69) is 22.0 Å². The fourth-order valence-electron chi connectivity index (χ4n) is 3.79. The van der Waals surface area contributed by atoms with Crippen LogP contribution in [-0.2, 0) is 4.79 Å². The summed E-state index contributed by atoms with van der Waals surface area (Å²) in [6.07, 6.45) is 5.41. The van der Waals surface area contributed by atoms with Gasteiger partial charge in [-0.25, -0.2) is 0 Å². The van der Waals surface area contributed by atoms with Gasteiger partial charge in [-0.05, 0) is 70.8 Å². The van der Waals surface area contributed by atoms with Crippen LogP contribution < -0.4 is 5.32 Å². The van der Waals surface area contributed by atoms with Crippen LogP contribution in [0.4, 0.5) is 5.69 Å². The number of anilines is 1. The lowest BCUT2D eigenvalue weighted by Crippen LogP contribution is -2.36. The number of benzene rings is 1. The van der Waals surface area contributed by atoms with Gasteiger partial charge in [-0.15, -0.1) is 0 Å². The van der Waals surface area contributed by atoms with Crippen LogP contribution in [0.2, 0.25) is 5.02 Å². The molecule has 1 aromatic carbocycles. The van der Waals surface area contributed by atoms with Crippen LogP contribution in [-0.4, -0.2) is 65.7 Å². The van der Waals surface area contributed by atoms with Crippen LogP contribution >= 0.6 is 11.6 Å². The second-order valence-electron chi connectivity index (χ2n) is 9.10. The monoisotopic (exact) mass is 423 g/mol. The first-order valence-corrected chi connectivity index (χ1v) is 11.3. The number of halogens is 1. The summed E-state index contributed by atoms with van der Waals surface area (Å²) in [7, 11) is 0. The van der Waals surface area contributed by atoms with Gasteiger partial charge in [0.15, 0.2) is 0 Å². The van der Waals surface area contributed by atoms with Gasteiger partial charge in [-0.2, -0.15) is 0 Å². The van der Waals surface area contributed by atoms with E-state index in [9.17, 15) is 9.90 Å². The number of hydrogen-bond acceptors (Lipinski definition) is 4. The van der Waals surface area contributed by atoms with Crippen LogP contribution in [0.15, 0.2) is 24.3 Å². The van der Waals surface area contributed by atoms with E-state index in [1.165, 1.54) is 12.8 Å². The average Bonchev–Trinajstić information content (AvgIpc) is 2.86. The molecule has 1 unspecified atom stereocenters. The molecule has 1 saturated heterocycles. The Hall–Kier alpha value is -1.14. The molecule has 1 fully saturated rings. The van der Waals surface area contributed by atoms with Gasteiger partial charge in [-0.3, -0.25) is 9.69 Å². The molecule has 0 saturated carbocycles. The van der Waals surface area contributed by atoms with Crippen molar-refractivity contribution in [3.63, 3.8) is 0 Å². The third kappa shape index (κ3) is 9.94. The van der Waals surface area contributed by atoms with Gasteiger partial charge in [-0.1, -0.05) is 43.5 Å². The Bertz CT molecular complexity index is 633. The largest absolute Gasteiger partial charge is 0.390 e. The van der Waals surface area contributed by atoms with E-state index >= 15 is 0 Å². The fraction of sp³-hybridized carbons (Fsp3) is 0.696. The van der Waals surface area contributed by atoms with Gasteiger partial charge in [0, 0.05) is 13.1 Å². The first-order chi connectivity index (χ1) is 13.7.